The summed E-state index contributed by atoms with van der Waals surface area (Å²) in [5, 5.41) is 0. The average Bonchev–Trinajstić information content (AvgIpc) is 2.40. The number of halogens is 4. The van der Waals surface area contributed by atoms with Gasteiger partial charge in [-0.3, -0.25) is 4.79 Å². The van der Waals surface area contributed by atoms with Gasteiger partial charge in [0.1, 0.15) is 17.8 Å². The number of benzene rings is 2. The number of ether oxygens (including phenoxy) is 1. The van der Waals surface area contributed by atoms with E-state index in [1.54, 1.807) is 0 Å². The molecule has 0 amide bonds. The van der Waals surface area contributed by atoms with Crippen molar-refractivity contribution in [3.05, 3.63) is 58.1 Å². The normalized spacial score (nSPS) is 11.2. The van der Waals surface area contributed by atoms with Gasteiger partial charge in [-0.05, 0) is 42.5 Å². The molecular weight excluding hydrogens is 337 g/mol. The van der Waals surface area contributed by atoms with Crippen molar-refractivity contribution in [2.45, 2.75) is 6.18 Å². The topological polar surface area (TPSA) is 26.3 Å². The second kappa shape index (κ2) is 5.66. The molecule has 0 bridgehead atoms. The van der Waals surface area contributed by atoms with E-state index in [4.69, 9.17) is 4.74 Å². The molecule has 0 heterocycles. The van der Waals surface area contributed by atoms with E-state index in [9.17, 15) is 18.0 Å². The number of carbonyl (C=O) groups excluding carboxylic acids is 1. The van der Waals surface area contributed by atoms with Crippen LogP contribution in [0.15, 0.2) is 46.9 Å². The maximum absolute atomic E-state index is 12.7. The molecule has 0 unspecified atom stereocenters. The summed E-state index contributed by atoms with van der Waals surface area (Å²) in [5.41, 5.74) is -0.344. The Morgan fingerprint density at radius 1 is 1.00 bits per heavy atom. The lowest BCUT2D eigenvalue weighted by Crippen LogP contribution is -2.06. The van der Waals surface area contributed by atoms with E-state index >= 15 is 0 Å². The number of hydrogen-bond acceptors (Lipinski definition) is 2. The minimum atomic E-state index is -4.46. The first-order valence-electron chi connectivity index (χ1n) is 5.50. The van der Waals surface area contributed by atoms with Crippen LogP contribution in [0.5, 0.6) is 11.5 Å². The van der Waals surface area contributed by atoms with E-state index in [1.807, 2.05) is 0 Å². The Morgan fingerprint density at radius 3 is 2.15 bits per heavy atom. The van der Waals surface area contributed by atoms with Gasteiger partial charge in [-0.1, -0.05) is 15.9 Å². The van der Waals surface area contributed by atoms with Crippen LogP contribution in [-0.2, 0) is 6.18 Å². The molecule has 2 aromatic carbocycles. The zero-order valence-corrected chi connectivity index (χ0v) is 11.5. The van der Waals surface area contributed by atoms with Crippen molar-refractivity contribution in [2.75, 3.05) is 0 Å². The molecule has 0 N–H and O–H groups in total. The molecule has 0 fully saturated rings. The van der Waals surface area contributed by atoms with Crippen LogP contribution in [0, 0.1) is 0 Å². The van der Waals surface area contributed by atoms with Crippen LogP contribution in [0.3, 0.4) is 0 Å². The zero-order chi connectivity index (χ0) is 14.8. The van der Waals surface area contributed by atoms with Crippen molar-refractivity contribution in [2.24, 2.45) is 0 Å². The number of carbonyl (C=O) groups is 1. The summed E-state index contributed by atoms with van der Waals surface area (Å²) in [6.45, 7) is 0. The zero-order valence-electron chi connectivity index (χ0n) is 9.95. The van der Waals surface area contributed by atoms with Crippen molar-refractivity contribution in [1.29, 1.82) is 0 Å². The van der Waals surface area contributed by atoms with Gasteiger partial charge in [0.2, 0.25) is 0 Å². The molecule has 20 heavy (non-hydrogen) atoms. The molecule has 0 aliphatic carbocycles. The highest BCUT2D eigenvalue weighted by atomic mass is 79.9. The quantitative estimate of drug-likeness (QED) is 0.726. The van der Waals surface area contributed by atoms with Crippen LogP contribution in [0.25, 0.3) is 0 Å². The number of hydrogen-bond donors (Lipinski definition) is 0. The Hall–Kier alpha value is -1.82. The number of alkyl halides is 3. The molecule has 0 aliphatic rings. The highest BCUT2D eigenvalue weighted by Crippen LogP contribution is 2.37. The van der Waals surface area contributed by atoms with Gasteiger partial charge in [0, 0.05) is 10.0 Å². The third-order valence-corrected chi connectivity index (χ3v) is 3.19. The average molecular weight is 345 g/mol. The Labute approximate surface area is 121 Å². The lowest BCUT2D eigenvalue weighted by atomic mass is 10.2. The molecule has 0 radical (unpaired) electrons. The molecular formula is C14H8BrF3O2. The first kappa shape index (κ1) is 14.6. The summed E-state index contributed by atoms with van der Waals surface area (Å²) in [7, 11) is 0. The van der Waals surface area contributed by atoms with Crippen LogP contribution in [0.4, 0.5) is 13.2 Å². The summed E-state index contributed by atoms with van der Waals surface area (Å²) in [6.07, 6.45) is -3.79. The van der Waals surface area contributed by atoms with E-state index in [-0.39, 0.29) is 10.2 Å². The van der Waals surface area contributed by atoms with E-state index in [0.29, 0.717) is 17.6 Å². The molecule has 0 spiro atoms. The fourth-order valence-corrected chi connectivity index (χ4v) is 2.01. The van der Waals surface area contributed by atoms with Crippen LogP contribution in [0.1, 0.15) is 15.9 Å². The minimum absolute atomic E-state index is 0.0475. The van der Waals surface area contributed by atoms with Crippen LogP contribution in [-0.4, -0.2) is 6.29 Å². The first-order chi connectivity index (χ1) is 9.40. The van der Waals surface area contributed by atoms with Gasteiger partial charge in [0.05, 0.1) is 5.56 Å². The molecule has 2 nitrogen and oxygen atoms in total. The molecule has 2 aromatic rings. The predicted octanol–water partition coefficient (Wildman–Crippen LogP) is 5.07. The third kappa shape index (κ3) is 3.39. The Kier molecular flexibility index (Phi) is 4.13. The molecule has 0 atom stereocenters. The second-order valence-electron chi connectivity index (χ2n) is 3.93. The van der Waals surface area contributed by atoms with Gasteiger partial charge in [-0.15, -0.1) is 0 Å². The third-order valence-electron chi connectivity index (χ3n) is 2.50. The van der Waals surface area contributed by atoms with Gasteiger partial charge < -0.3 is 4.74 Å². The molecule has 0 saturated heterocycles. The summed E-state index contributed by atoms with van der Waals surface area (Å²) >= 11 is 2.86. The second-order valence-corrected chi connectivity index (χ2v) is 4.78. The summed E-state index contributed by atoms with van der Waals surface area (Å²) in [5.74, 6) is 0.422. The van der Waals surface area contributed by atoms with Crippen molar-refractivity contribution < 1.29 is 22.7 Å². The maximum atomic E-state index is 12.7. The van der Waals surface area contributed by atoms with Crippen molar-refractivity contribution in [1.82, 2.24) is 0 Å². The van der Waals surface area contributed by atoms with Gasteiger partial charge >= 0.3 is 6.18 Å². The first-order valence-corrected chi connectivity index (χ1v) is 6.29. The number of aldehydes is 1. The van der Waals surface area contributed by atoms with Crippen LogP contribution < -0.4 is 4.74 Å². The lowest BCUT2D eigenvalue weighted by molar-refractivity contribution is -0.138. The highest BCUT2D eigenvalue weighted by Gasteiger charge is 2.33. The van der Waals surface area contributed by atoms with Gasteiger partial charge in [-0.25, -0.2) is 0 Å². The fourth-order valence-electron chi connectivity index (χ4n) is 1.54. The SMILES string of the molecule is O=Cc1ccc(Oc2ccc(Br)c(C(F)(F)F)c2)cc1. The predicted molar refractivity (Wildman–Crippen MR) is 71.0 cm³/mol. The Balaban J connectivity index is 2.27. The van der Waals surface area contributed by atoms with Crippen LogP contribution in [0.2, 0.25) is 0 Å². The summed E-state index contributed by atoms with van der Waals surface area (Å²) in [6, 6.07) is 9.68. The standard InChI is InChI=1S/C14H8BrF3O2/c15-13-6-5-11(7-12(13)14(16,17)18)20-10-3-1-9(8-19)2-4-10/h1-8H. The molecule has 104 valence electrons. The van der Waals surface area contributed by atoms with Crippen molar-refractivity contribution in [3.8, 4) is 11.5 Å². The van der Waals surface area contributed by atoms with Gasteiger partial charge in [-0.2, -0.15) is 13.2 Å². The van der Waals surface area contributed by atoms with Gasteiger partial charge in [0.25, 0.3) is 0 Å². The monoisotopic (exact) mass is 344 g/mol. The molecule has 0 aromatic heterocycles. The maximum Gasteiger partial charge on any atom is 0.417 e. The smallest absolute Gasteiger partial charge is 0.417 e. The molecule has 6 heteroatoms. The molecule has 0 aliphatic heterocycles. The fraction of sp³-hybridized carbons (Fsp3) is 0.0714. The minimum Gasteiger partial charge on any atom is -0.457 e. The summed E-state index contributed by atoms with van der Waals surface area (Å²) in [4.78, 5) is 10.5. The van der Waals surface area contributed by atoms with E-state index < -0.39 is 11.7 Å². The van der Waals surface area contributed by atoms with E-state index in [2.05, 4.69) is 15.9 Å². The van der Waals surface area contributed by atoms with Crippen LogP contribution >= 0.6 is 15.9 Å². The van der Waals surface area contributed by atoms with Crippen molar-refractivity contribution >= 4 is 22.2 Å². The number of rotatable bonds is 3. The molecule has 2 rings (SSSR count). The lowest BCUT2D eigenvalue weighted by Gasteiger charge is -2.12. The van der Waals surface area contributed by atoms with E-state index in [0.717, 1.165) is 6.07 Å². The van der Waals surface area contributed by atoms with E-state index in [1.165, 1.54) is 36.4 Å². The van der Waals surface area contributed by atoms with Gasteiger partial charge in [0.15, 0.2) is 0 Å². The highest BCUT2D eigenvalue weighted by molar-refractivity contribution is 9.10. The molecule has 0 saturated carbocycles. The Bertz CT molecular complexity index is 621. The summed E-state index contributed by atoms with van der Waals surface area (Å²) < 4.78 is 43.5. The van der Waals surface area contributed by atoms with Crippen molar-refractivity contribution in [3.63, 3.8) is 0 Å². The largest absolute Gasteiger partial charge is 0.457 e. The Morgan fingerprint density at radius 2 is 1.60 bits per heavy atom.